The Kier molecular flexibility index (Phi) is 4.63. The zero-order valence-corrected chi connectivity index (χ0v) is 14.2. The third-order valence-electron chi connectivity index (χ3n) is 4.02. The zero-order chi connectivity index (χ0) is 18.0. The number of amides is 1. The third-order valence-corrected chi connectivity index (χ3v) is 4.02. The van der Waals surface area contributed by atoms with E-state index in [-0.39, 0.29) is 5.76 Å². The first-order valence-electron chi connectivity index (χ1n) is 7.74. The molecular formula is C19H19NO5. The standard InChI is InChI=1S/C19H19NO5/c1-20-19(22)17(21)18-15(11-7-5-4-6-8-11)16-13(24-3)9-12(23-2)10-14(16)25-18/h4-10,17,21H,1-3H3,(H,20,22). The molecule has 6 heteroatoms. The number of methoxy groups -OCH3 is 2. The first-order valence-corrected chi connectivity index (χ1v) is 7.74. The van der Waals surface area contributed by atoms with Gasteiger partial charge in [0, 0.05) is 24.7 Å². The molecule has 2 aromatic carbocycles. The van der Waals surface area contributed by atoms with E-state index in [4.69, 9.17) is 13.9 Å². The number of hydrogen-bond acceptors (Lipinski definition) is 5. The van der Waals surface area contributed by atoms with E-state index in [9.17, 15) is 9.90 Å². The molecule has 2 N–H and O–H groups in total. The molecule has 0 radical (unpaired) electrons. The Morgan fingerprint density at radius 2 is 1.88 bits per heavy atom. The van der Waals surface area contributed by atoms with Crippen molar-refractivity contribution in [2.75, 3.05) is 21.3 Å². The van der Waals surface area contributed by atoms with Gasteiger partial charge < -0.3 is 24.3 Å². The molecule has 0 bridgehead atoms. The quantitative estimate of drug-likeness (QED) is 0.746. The van der Waals surface area contributed by atoms with Crippen molar-refractivity contribution < 1.29 is 23.8 Å². The molecule has 3 rings (SSSR count). The minimum atomic E-state index is -1.44. The lowest BCUT2D eigenvalue weighted by Gasteiger charge is -2.10. The summed E-state index contributed by atoms with van der Waals surface area (Å²) in [6.07, 6.45) is -1.44. The Morgan fingerprint density at radius 3 is 2.48 bits per heavy atom. The van der Waals surface area contributed by atoms with Crippen LogP contribution in [0.2, 0.25) is 0 Å². The molecule has 0 spiro atoms. The van der Waals surface area contributed by atoms with Gasteiger partial charge in [0.1, 0.15) is 17.1 Å². The van der Waals surface area contributed by atoms with Crippen LogP contribution < -0.4 is 14.8 Å². The topological polar surface area (TPSA) is 80.9 Å². The number of hydrogen-bond donors (Lipinski definition) is 2. The van der Waals surface area contributed by atoms with Crippen LogP contribution in [0, 0.1) is 0 Å². The summed E-state index contributed by atoms with van der Waals surface area (Å²) >= 11 is 0. The number of furan rings is 1. The first-order chi connectivity index (χ1) is 12.1. The van der Waals surface area contributed by atoms with Crippen LogP contribution in [0.25, 0.3) is 22.1 Å². The van der Waals surface area contributed by atoms with E-state index in [2.05, 4.69) is 5.32 Å². The average Bonchev–Trinajstić information content (AvgIpc) is 3.05. The molecule has 0 saturated carbocycles. The van der Waals surface area contributed by atoms with Crippen LogP contribution >= 0.6 is 0 Å². The minimum absolute atomic E-state index is 0.159. The van der Waals surface area contributed by atoms with Crippen LogP contribution in [0.1, 0.15) is 11.9 Å². The Hall–Kier alpha value is -2.99. The predicted octanol–water partition coefficient (Wildman–Crippen LogP) is 2.90. The fourth-order valence-corrected chi connectivity index (χ4v) is 2.80. The number of aliphatic hydroxyl groups is 1. The number of ether oxygens (including phenoxy) is 2. The van der Waals surface area contributed by atoms with E-state index < -0.39 is 12.0 Å². The maximum absolute atomic E-state index is 12.0. The summed E-state index contributed by atoms with van der Waals surface area (Å²) in [4.78, 5) is 12.0. The van der Waals surface area contributed by atoms with Crippen molar-refractivity contribution in [1.82, 2.24) is 5.32 Å². The highest BCUT2D eigenvalue weighted by molar-refractivity contribution is 6.02. The fraction of sp³-hybridized carbons (Fsp3) is 0.211. The summed E-state index contributed by atoms with van der Waals surface area (Å²) in [7, 11) is 4.55. The van der Waals surface area contributed by atoms with E-state index in [0.29, 0.717) is 28.0 Å². The summed E-state index contributed by atoms with van der Waals surface area (Å²) in [5.74, 6) is 0.695. The van der Waals surface area contributed by atoms with E-state index >= 15 is 0 Å². The number of carbonyl (C=O) groups is 1. The second-order valence-corrected chi connectivity index (χ2v) is 5.43. The van der Waals surface area contributed by atoms with Crippen molar-refractivity contribution in [2.45, 2.75) is 6.10 Å². The van der Waals surface area contributed by atoms with Crippen LogP contribution in [0.3, 0.4) is 0 Å². The van der Waals surface area contributed by atoms with Crippen LogP contribution in [0.15, 0.2) is 46.9 Å². The smallest absolute Gasteiger partial charge is 0.256 e. The average molecular weight is 341 g/mol. The maximum atomic E-state index is 12.0. The van der Waals surface area contributed by atoms with Crippen molar-refractivity contribution in [1.29, 1.82) is 0 Å². The predicted molar refractivity (Wildman–Crippen MR) is 93.8 cm³/mol. The lowest BCUT2D eigenvalue weighted by Crippen LogP contribution is -2.25. The molecule has 0 saturated heterocycles. The summed E-state index contributed by atoms with van der Waals surface area (Å²) in [6, 6.07) is 12.8. The summed E-state index contributed by atoms with van der Waals surface area (Å²) in [6.45, 7) is 0. The lowest BCUT2D eigenvalue weighted by atomic mass is 9.99. The second-order valence-electron chi connectivity index (χ2n) is 5.43. The van der Waals surface area contributed by atoms with Gasteiger partial charge in [0.2, 0.25) is 0 Å². The van der Waals surface area contributed by atoms with Gasteiger partial charge in [0.05, 0.1) is 19.6 Å². The highest BCUT2D eigenvalue weighted by Gasteiger charge is 2.28. The third kappa shape index (κ3) is 2.92. The highest BCUT2D eigenvalue weighted by atomic mass is 16.5. The van der Waals surface area contributed by atoms with Gasteiger partial charge in [-0.3, -0.25) is 4.79 Å². The normalized spacial score (nSPS) is 12.0. The molecule has 1 amide bonds. The molecule has 1 unspecified atom stereocenters. The summed E-state index contributed by atoms with van der Waals surface area (Å²) in [5, 5.41) is 13.6. The van der Waals surface area contributed by atoms with Gasteiger partial charge in [0.25, 0.3) is 5.91 Å². The van der Waals surface area contributed by atoms with E-state index in [1.807, 2.05) is 30.3 Å². The summed E-state index contributed by atoms with van der Waals surface area (Å²) in [5.41, 5.74) is 1.89. The number of nitrogens with one attached hydrogen (secondary N) is 1. The summed E-state index contributed by atoms with van der Waals surface area (Å²) < 4.78 is 16.6. The van der Waals surface area contributed by atoms with Crippen molar-refractivity contribution >= 4 is 16.9 Å². The molecule has 0 aliphatic carbocycles. The van der Waals surface area contributed by atoms with Gasteiger partial charge in [-0.15, -0.1) is 0 Å². The number of carbonyl (C=O) groups excluding carboxylic acids is 1. The Labute approximate surface area is 145 Å². The molecular weight excluding hydrogens is 322 g/mol. The molecule has 130 valence electrons. The number of aliphatic hydroxyl groups excluding tert-OH is 1. The molecule has 1 aromatic heterocycles. The van der Waals surface area contributed by atoms with Crippen molar-refractivity contribution in [2.24, 2.45) is 0 Å². The monoisotopic (exact) mass is 341 g/mol. The molecule has 1 heterocycles. The van der Waals surface area contributed by atoms with Crippen LogP contribution in [0.4, 0.5) is 0 Å². The van der Waals surface area contributed by atoms with Gasteiger partial charge in [-0.1, -0.05) is 30.3 Å². The Bertz CT molecular complexity index is 901. The molecule has 6 nitrogen and oxygen atoms in total. The molecule has 1 atom stereocenters. The minimum Gasteiger partial charge on any atom is -0.496 e. The number of rotatable bonds is 5. The van der Waals surface area contributed by atoms with Crippen LogP contribution in [0.5, 0.6) is 11.5 Å². The van der Waals surface area contributed by atoms with E-state index in [1.165, 1.54) is 7.05 Å². The highest BCUT2D eigenvalue weighted by Crippen LogP contribution is 2.44. The van der Waals surface area contributed by atoms with E-state index in [0.717, 1.165) is 5.56 Å². The van der Waals surface area contributed by atoms with Crippen molar-refractivity contribution in [3.8, 4) is 22.6 Å². The van der Waals surface area contributed by atoms with Gasteiger partial charge >= 0.3 is 0 Å². The largest absolute Gasteiger partial charge is 0.496 e. The Morgan fingerprint density at radius 1 is 1.16 bits per heavy atom. The van der Waals surface area contributed by atoms with Gasteiger partial charge in [0.15, 0.2) is 11.9 Å². The lowest BCUT2D eigenvalue weighted by molar-refractivity contribution is -0.129. The van der Waals surface area contributed by atoms with Crippen molar-refractivity contribution in [3.05, 3.63) is 48.2 Å². The molecule has 0 aliphatic heterocycles. The number of benzene rings is 2. The number of fused-ring (bicyclic) bond motifs is 1. The number of likely N-dealkylation sites (N-methyl/N-ethyl adjacent to an activating group) is 1. The fourth-order valence-electron chi connectivity index (χ4n) is 2.80. The second kappa shape index (κ2) is 6.86. The van der Waals surface area contributed by atoms with E-state index in [1.54, 1.807) is 26.4 Å². The molecule has 3 aromatic rings. The molecule has 0 aliphatic rings. The van der Waals surface area contributed by atoms with Crippen LogP contribution in [-0.2, 0) is 4.79 Å². The SMILES string of the molecule is CNC(=O)C(O)c1oc2cc(OC)cc(OC)c2c1-c1ccccc1. The molecule has 0 fully saturated rings. The Balaban J connectivity index is 2.36. The zero-order valence-electron chi connectivity index (χ0n) is 14.2. The van der Waals surface area contributed by atoms with Gasteiger partial charge in [-0.25, -0.2) is 0 Å². The first kappa shape index (κ1) is 16.9. The van der Waals surface area contributed by atoms with Crippen LogP contribution in [-0.4, -0.2) is 32.3 Å². The van der Waals surface area contributed by atoms with Crippen molar-refractivity contribution in [3.63, 3.8) is 0 Å². The maximum Gasteiger partial charge on any atom is 0.256 e. The van der Waals surface area contributed by atoms with Gasteiger partial charge in [-0.05, 0) is 5.56 Å². The molecule has 25 heavy (non-hydrogen) atoms. The van der Waals surface area contributed by atoms with Gasteiger partial charge in [-0.2, -0.15) is 0 Å².